The summed E-state index contributed by atoms with van der Waals surface area (Å²) in [6.45, 7) is 0. The highest BCUT2D eigenvalue weighted by molar-refractivity contribution is 5.90. The monoisotopic (exact) mass is 186 g/mol. The van der Waals surface area contributed by atoms with E-state index in [1.165, 1.54) is 6.07 Å². The van der Waals surface area contributed by atoms with Gasteiger partial charge in [-0.3, -0.25) is 0 Å². The number of furan rings is 1. The van der Waals surface area contributed by atoms with Crippen LogP contribution in [0.15, 0.2) is 28.7 Å². The van der Waals surface area contributed by atoms with E-state index in [4.69, 9.17) is 9.68 Å². The lowest BCUT2D eigenvalue weighted by Gasteiger charge is -1.92. The Morgan fingerprint density at radius 1 is 1.43 bits per heavy atom. The normalized spacial score (nSPS) is 9.93. The summed E-state index contributed by atoms with van der Waals surface area (Å²) in [5, 5.41) is 19.6. The van der Waals surface area contributed by atoms with Crippen LogP contribution >= 0.6 is 0 Å². The number of carbonyl (C=O) groups is 1. The first-order valence-corrected chi connectivity index (χ1v) is 3.86. The molecule has 0 aliphatic rings. The molecule has 2 rings (SSSR count). The molecule has 0 aliphatic carbocycles. The van der Waals surface area contributed by atoms with E-state index >= 15 is 0 Å². The Morgan fingerprint density at radius 2 is 2.21 bits per heavy atom. The van der Waals surface area contributed by atoms with Gasteiger partial charge in [-0.25, -0.2) is 0 Å². The van der Waals surface area contributed by atoms with E-state index in [0.29, 0.717) is 16.5 Å². The maximum absolute atomic E-state index is 10.5. The Hall–Kier alpha value is -2.28. The molecule has 4 nitrogen and oxygen atoms in total. The molecule has 0 atom stereocenters. The molecule has 0 unspecified atom stereocenters. The van der Waals surface area contributed by atoms with Crippen molar-refractivity contribution in [2.75, 3.05) is 0 Å². The predicted octanol–water partition coefficient (Wildman–Crippen LogP) is 0.668. The van der Waals surface area contributed by atoms with Crippen LogP contribution in [0.5, 0.6) is 0 Å². The summed E-state index contributed by atoms with van der Waals surface area (Å²) in [7, 11) is 0. The van der Waals surface area contributed by atoms with Gasteiger partial charge in [-0.2, -0.15) is 5.26 Å². The minimum Gasteiger partial charge on any atom is -0.542 e. The summed E-state index contributed by atoms with van der Waals surface area (Å²) in [5.74, 6) is -1.59. The van der Waals surface area contributed by atoms with Gasteiger partial charge in [0.2, 0.25) is 0 Å². The van der Waals surface area contributed by atoms with E-state index in [1.807, 2.05) is 6.07 Å². The number of nitrogens with zero attached hydrogens (tertiary/aromatic N) is 1. The number of carbonyl (C=O) groups excluding carboxylic acids is 1. The maximum atomic E-state index is 10.5. The molecule has 14 heavy (non-hydrogen) atoms. The van der Waals surface area contributed by atoms with E-state index in [-0.39, 0.29) is 5.76 Å². The molecule has 0 bridgehead atoms. The number of hydrogen-bond donors (Lipinski definition) is 0. The molecule has 1 aromatic heterocycles. The molecule has 4 heteroatoms. The smallest absolute Gasteiger partial charge is 0.150 e. The average molecular weight is 186 g/mol. The fourth-order valence-corrected chi connectivity index (χ4v) is 1.21. The van der Waals surface area contributed by atoms with Crippen molar-refractivity contribution < 1.29 is 14.3 Å². The van der Waals surface area contributed by atoms with Crippen LogP contribution in [0, 0.1) is 11.3 Å². The molecule has 0 fully saturated rings. The Labute approximate surface area is 79.0 Å². The van der Waals surface area contributed by atoms with Crippen LogP contribution in [-0.4, -0.2) is 5.97 Å². The zero-order valence-electron chi connectivity index (χ0n) is 6.98. The first-order valence-electron chi connectivity index (χ1n) is 3.86. The fraction of sp³-hybridized carbons (Fsp3) is 0. The van der Waals surface area contributed by atoms with Crippen molar-refractivity contribution >= 4 is 16.9 Å². The summed E-state index contributed by atoms with van der Waals surface area (Å²) < 4.78 is 4.96. The summed E-state index contributed by atoms with van der Waals surface area (Å²) in [6.07, 6.45) is 0. The molecule has 0 aliphatic heterocycles. The molecule has 2 aromatic rings. The van der Waals surface area contributed by atoms with Gasteiger partial charge in [0.25, 0.3) is 0 Å². The third-order valence-corrected chi connectivity index (χ3v) is 1.85. The predicted molar refractivity (Wildman–Crippen MR) is 45.3 cm³/mol. The molecular formula is C10H4NO3-. The molecule has 0 saturated carbocycles. The molecule has 0 spiro atoms. The average Bonchev–Trinajstić information content (AvgIpc) is 2.59. The second kappa shape index (κ2) is 2.89. The number of carboxylic acids is 1. The van der Waals surface area contributed by atoms with Gasteiger partial charge in [0.1, 0.15) is 11.6 Å². The number of carboxylic acid groups (broad SMARTS) is 1. The second-order valence-corrected chi connectivity index (χ2v) is 2.76. The van der Waals surface area contributed by atoms with Crippen molar-refractivity contribution in [1.29, 1.82) is 5.26 Å². The lowest BCUT2D eigenvalue weighted by Crippen LogP contribution is -2.21. The largest absolute Gasteiger partial charge is 0.542 e. The number of benzene rings is 1. The van der Waals surface area contributed by atoms with Gasteiger partial charge in [0.05, 0.1) is 11.6 Å². The van der Waals surface area contributed by atoms with E-state index in [2.05, 4.69) is 0 Å². The summed E-state index contributed by atoms with van der Waals surface area (Å²) >= 11 is 0. The van der Waals surface area contributed by atoms with Crippen molar-refractivity contribution in [3.05, 3.63) is 35.6 Å². The van der Waals surface area contributed by atoms with Crippen LogP contribution in [0.2, 0.25) is 0 Å². The van der Waals surface area contributed by atoms with Crippen LogP contribution in [0.3, 0.4) is 0 Å². The van der Waals surface area contributed by atoms with Crippen molar-refractivity contribution in [3.8, 4) is 6.07 Å². The summed E-state index contributed by atoms with van der Waals surface area (Å²) in [4.78, 5) is 10.5. The van der Waals surface area contributed by atoms with Crippen molar-refractivity contribution in [3.63, 3.8) is 0 Å². The Kier molecular flexibility index (Phi) is 1.72. The second-order valence-electron chi connectivity index (χ2n) is 2.76. The van der Waals surface area contributed by atoms with Crippen molar-refractivity contribution in [2.24, 2.45) is 0 Å². The standard InChI is InChI=1S/C10H5NO3/c11-5-6-1-2-8-7(3-6)4-9(14-8)10(12)13/h1-4H,(H,12,13)/p-1. The number of hydrogen-bond acceptors (Lipinski definition) is 4. The van der Waals surface area contributed by atoms with Gasteiger partial charge in [0.15, 0.2) is 5.76 Å². The van der Waals surface area contributed by atoms with Crippen LogP contribution in [0.25, 0.3) is 11.0 Å². The molecule has 0 saturated heterocycles. The molecule has 0 N–H and O–H groups in total. The van der Waals surface area contributed by atoms with Crippen LogP contribution in [0.4, 0.5) is 0 Å². The van der Waals surface area contributed by atoms with Crippen molar-refractivity contribution in [2.45, 2.75) is 0 Å². The quantitative estimate of drug-likeness (QED) is 0.655. The van der Waals surface area contributed by atoms with E-state index < -0.39 is 5.97 Å². The van der Waals surface area contributed by atoms with E-state index in [0.717, 1.165) is 0 Å². The summed E-state index contributed by atoms with van der Waals surface area (Å²) in [6, 6.07) is 7.97. The highest BCUT2D eigenvalue weighted by atomic mass is 16.4. The zero-order valence-corrected chi connectivity index (χ0v) is 6.98. The number of rotatable bonds is 1. The lowest BCUT2D eigenvalue weighted by atomic mass is 10.2. The Bertz CT molecular complexity index is 548. The first-order chi connectivity index (χ1) is 6.70. The molecular weight excluding hydrogens is 182 g/mol. The van der Waals surface area contributed by atoms with Gasteiger partial charge in [-0.05, 0) is 24.3 Å². The zero-order chi connectivity index (χ0) is 10.1. The molecule has 68 valence electrons. The highest BCUT2D eigenvalue weighted by Gasteiger charge is 2.04. The molecule has 1 heterocycles. The van der Waals surface area contributed by atoms with Crippen LogP contribution < -0.4 is 5.11 Å². The molecule has 0 radical (unpaired) electrons. The first kappa shape index (κ1) is 8.32. The fourth-order valence-electron chi connectivity index (χ4n) is 1.21. The SMILES string of the molecule is N#Cc1ccc2oc(C(=O)[O-])cc2c1. The van der Waals surface area contributed by atoms with Gasteiger partial charge in [0, 0.05) is 5.39 Å². The van der Waals surface area contributed by atoms with Crippen molar-refractivity contribution in [1.82, 2.24) is 0 Å². The van der Waals surface area contributed by atoms with Crippen LogP contribution in [-0.2, 0) is 0 Å². The Morgan fingerprint density at radius 3 is 2.86 bits per heavy atom. The third kappa shape index (κ3) is 1.21. The van der Waals surface area contributed by atoms with Gasteiger partial charge in [-0.15, -0.1) is 0 Å². The maximum Gasteiger partial charge on any atom is 0.150 e. The van der Waals surface area contributed by atoms with E-state index in [1.54, 1.807) is 18.2 Å². The van der Waals surface area contributed by atoms with Gasteiger partial charge < -0.3 is 14.3 Å². The van der Waals surface area contributed by atoms with E-state index in [9.17, 15) is 9.90 Å². The Balaban J connectivity index is 2.67. The highest BCUT2D eigenvalue weighted by Crippen LogP contribution is 2.19. The number of fused-ring (bicyclic) bond motifs is 1. The lowest BCUT2D eigenvalue weighted by molar-refractivity contribution is -0.256. The van der Waals surface area contributed by atoms with Crippen LogP contribution in [0.1, 0.15) is 16.1 Å². The van der Waals surface area contributed by atoms with Gasteiger partial charge in [-0.1, -0.05) is 0 Å². The number of aromatic carboxylic acids is 1. The topological polar surface area (TPSA) is 77.1 Å². The minimum absolute atomic E-state index is 0.227. The molecule has 1 aromatic carbocycles. The number of nitriles is 1. The minimum atomic E-state index is -1.36. The third-order valence-electron chi connectivity index (χ3n) is 1.85. The molecule has 0 amide bonds. The van der Waals surface area contributed by atoms with Gasteiger partial charge >= 0.3 is 0 Å². The summed E-state index contributed by atoms with van der Waals surface area (Å²) in [5.41, 5.74) is 0.895.